The van der Waals surface area contributed by atoms with E-state index in [-0.39, 0.29) is 5.91 Å². The minimum Gasteiger partial charge on any atom is -0.497 e. The van der Waals surface area contributed by atoms with Crippen LogP contribution >= 0.6 is 0 Å². The molecule has 0 aliphatic rings. The van der Waals surface area contributed by atoms with E-state index < -0.39 is 0 Å². The van der Waals surface area contributed by atoms with Crippen molar-refractivity contribution in [3.05, 3.63) is 47.0 Å². The van der Waals surface area contributed by atoms with Gasteiger partial charge < -0.3 is 14.5 Å². The Morgan fingerprint density at radius 1 is 1.28 bits per heavy atom. The fourth-order valence-electron chi connectivity index (χ4n) is 3.03. The summed E-state index contributed by atoms with van der Waals surface area (Å²) >= 11 is 0. The number of methoxy groups -OCH3 is 1. The third-order valence-corrected chi connectivity index (χ3v) is 4.23. The Hall–Kier alpha value is -2.76. The molecule has 6 nitrogen and oxygen atoms in total. The normalized spacial score (nSPS) is 11.0. The number of carbonyl (C=O) groups excluding carboxylic acids is 1. The van der Waals surface area contributed by atoms with Crippen LogP contribution in [0.3, 0.4) is 0 Å². The zero-order valence-corrected chi connectivity index (χ0v) is 15.0. The van der Waals surface area contributed by atoms with Gasteiger partial charge in [0.1, 0.15) is 17.1 Å². The largest absolute Gasteiger partial charge is 0.497 e. The number of hydrogen-bond acceptors (Lipinski definition) is 4. The zero-order valence-electron chi connectivity index (χ0n) is 15.0. The fraction of sp³-hybridized carbons (Fsp3) is 0.368. The number of nitrogens with zero attached hydrogens (tertiary/aromatic N) is 2. The van der Waals surface area contributed by atoms with Crippen LogP contribution in [-0.4, -0.2) is 29.3 Å². The first-order valence-electron chi connectivity index (χ1n) is 8.36. The lowest BCUT2D eigenvalue weighted by Gasteiger charge is -2.07. The van der Waals surface area contributed by atoms with Gasteiger partial charge in [-0.15, -0.1) is 0 Å². The molecule has 1 N–H and O–H groups in total. The summed E-state index contributed by atoms with van der Waals surface area (Å²) in [6.45, 7) is 7.17. The van der Waals surface area contributed by atoms with E-state index >= 15 is 0 Å². The number of aromatic nitrogens is 2. The van der Waals surface area contributed by atoms with Crippen molar-refractivity contribution in [2.24, 2.45) is 0 Å². The van der Waals surface area contributed by atoms with Crippen LogP contribution in [0.25, 0.3) is 11.0 Å². The summed E-state index contributed by atoms with van der Waals surface area (Å²) in [5.74, 6) is 1.18. The number of amides is 1. The molecule has 6 heteroatoms. The van der Waals surface area contributed by atoms with Gasteiger partial charge >= 0.3 is 0 Å². The highest BCUT2D eigenvalue weighted by Gasteiger charge is 2.18. The summed E-state index contributed by atoms with van der Waals surface area (Å²) in [4.78, 5) is 12.6. The lowest BCUT2D eigenvalue weighted by Crippen LogP contribution is -2.25. The zero-order chi connectivity index (χ0) is 18.0. The number of benzene rings is 1. The smallest absolute Gasteiger partial charge is 0.255 e. The molecule has 0 fully saturated rings. The highest BCUT2D eigenvalue weighted by molar-refractivity contribution is 6.07. The van der Waals surface area contributed by atoms with E-state index in [1.54, 1.807) is 14.0 Å². The van der Waals surface area contributed by atoms with E-state index in [0.29, 0.717) is 29.2 Å². The van der Waals surface area contributed by atoms with Crippen molar-refractivity contribution in [1.29, 1.82) is 0 Å². The maximum Gasteiger partial charge on any atom is 0.255 e. The number of ether oxygens (including phenoxy) is 1. The van der Waals surface area contributed by atoms with Crippen LogP contribution in [-0.2, 0) is 6.54 Å². The van der Waals surface area contributed by atoms with E-state index in [4.69, 9.17) is 9.15 Å². The monoisotopic (exact) mass is 341 g/mol. The first-order chi connectivity index (χ1) is 12.0. The third kappa shape index (κ3) is 3.52. The van der Waals surface area contributed by atoms with Gasteiger partial charge in [0.05, 0.1) is 18.4 Å². The molecule has 0 unspecified atom stereocenters. The number of fused-ring (bicyclic) bond motifs is 1. The van der Waals surface area contributed by atoms with Crippen LogP contribution < -0.4 is 10.1 Å². The first kappa shape index (κ1) is 17.1. The molecule has 3 aromatic rings. The van der Waals surface area contributed by atoms with Crippen LogP contribution in [0.5, 0.6) is 5.75 Å². The molecular formula is C19H23N3O3. The van der Waals surface area contributed by atoms with Gasteiger partial charge in [0.25, 0.3) is 5.91 Å². The Bertz CT molecular complexity index is 908. The second kappa shape index (κ2) is 7.01. The number of furan rings is 1. The maximum absolute atomic E-state index is 12.6. The minimum atomic E-state index is -0.127. The molecule has 0 saturated heterocycles. The Morgan fingerprint density at radius 3 is 2.76 bits per heavy atom. The number of nitrogens with one attached hydrogen (secondary N) is 1. The average molecular weight is 341 g/mol. The molecule has 0 aliphatic heterocycles. The van der Waals surface area contributed by atoms with E-state index in [0.717, 1.165) is 29.7 Å². The molecule has 3 rings (SSSR count). The van der Waals surface area contributed by atoms with E-state index in [2.05, 4.69) is 10.4 Å². The second-order valence-corrected chi connectivity index (χ2v) is 6.16. The summed E-state index contributed by atoms with van der Waals surface area (Å²) in [5.41, 5.74) is 3.40. The van der Waals surface area contributed by atoms with Crippen LogP contribution in [0.2, 0.25) is 0 Å². The van der Waals surface area contributed by atoms with Crippen molar-refractivity contribution in [1.82, 2.24) is 15.1 Å². The Balaban J connectivity index is 1.66. The van der Waals surface area contributed by atoms with Crippen LogP contribution in [0.4, 0.5) is 0 Å². The second-order valence-electron chi connectivity index (χ2n) is 6.16. The molecule has 0 saturated carbocycles. The summed E-state index contributed by atoms with van der Waals surface area (Å²) < 4.78 is 12.9. The molecule has 2 heterocycles. The van der Waals surface area contributed by atoms with Crippen molar-refractivity contribution in [2.75, 3.05) is 13.7 Å². The van der Waals surface area contributed by atoms with Gasteiger partial charge in [0.15, 0.2) is 0 Å². The SMILES string of the molecule is COc1ccc2oc(C)c(C(=O)NCCCn3nc(C)cc3C)c2c1. The Kier molecular flexibility index (Phi) is 4.79. The van der Waals surface area contributed by atoms with Crippen molar-refractivity contribution < 1.29 is 13.9 Å². The molecule has 0 atom stereocenters. The van der Waals surface area contributed by atoms with E-state index in [1.807, 2.05) is 42.8 Å². The molecule has 0 aliphatic carbocycles. The summed E-state index contributed by atoms with van der Waals surface area (Å²) in [7, 11) is 1.60. The van der Waals surface area contributed by atoms with Crippen molar-refractivity contribution in [3.63, 3.8) is 0 Å². The van der Waals surface area contributed by atoms with E-state index in [1.165, 1.54) is 0 Å². The summed E-state index contributed by atoms with van der Waals surface area (Å²) in [6, 6.07) is 7.52. The van der Waals surface area contributed by atoms with Gasteiger partial charge in [-0.2, -0.15) is 5.10 Å². The summed E-state index contributed by atoms with van der Waals surface area (Å²) in [5, 5.41) is 8.17. The molecule has 25 heavy (non-hydrogen) atoms. The van der Waals surface area contributed by atoms with Gasteiger partial charge in [-0.3, -0.25) is 9.48 Å². The molecule has 0 spiro atoms. The van der Waals surface area contributed by atoms with Crippen molar-refractivity contribution in [3.8, 4) is 5.75 Å². The molecule has 132 valence electrons. The highest BCUT2D eigenvalue weighted by Crippen LogP contribution is 2.28. The predicted molar refractivity (Wildman–Crippen MR) is 96.2 cm³/mol. The van der Waals surface area contributed by atoms with Gasteiger partial charge in [0.2, 0.25) is 0 Å². The van der Waals surface area contributed by atoms with Gasteiger partial charge in [-0.1, -0.05) is 0 Å². The van der Waals surface area contributed by atoms with Gasteiger partial charge in [0, 0.05) is 24.2 Å². The van der Waals surface area contributed by atoms with Gasteiger partial charge in [-0.25, -0.2) is 0 Å². The van der Waals surface area contributed by atoms with Crippen LogP contribution in [0.1, 0.15) is 33.9 Å². The predicted octanol–water partition coefficient (Wildman–Crippen LogP) is 3.38. The number of carbonyl (C=O) groups is 1. The summed E-state index contributed by atoms with van der Waals surface area (Å²) in [6.07, 6.45) is 0.811. The minimum absolute atomic E-state index is 0.127. The highest BCUT2D eigenvalue weighted by atomic mass is 16.5. The van der Waals surface area contributed by atoms with E-state index in [9.17, 15) is 4.79 Å². The lowest BCUT2D eigenvalue weighted by atomic mass is 10.1. The number of aryl methyl sites for hydroxylation is 4. The van der Waals surface area contributed by atoms with Crippen LogP contribution in [0, 0.1) is 20.8 Å². The maximum atomic E-state index is 12.6. The van der Waals surface area contributed by atoms with Crippen LogP contribution in [0.15, 0.2) is 28.7 Å². The van der Waals surface area contributed by atoms with Crippen molar-refractivity contribution in [2.45, 2.75) is 33.7 Å². The molecular weight excluding hydrogens is 318 g/mol. The molecule has 0 radical (unpaired) electrons. The third-order valence-electron chi connectivity index (χ3n) is 4.23. The average Bonchev–Trinajstić information content (AvgIpc) is 3.08. The fourth-order valence-corrected chi connectivity index (χ4v) is 3.03. The van der Waals surface area contributed by atoms with Gasteiger partial charge in [-0.05, 0) is 51.5 Å². The first-order valence-corrected chi connectivity index (χ1v) is 8.36. The standard InChI is InChI=1S/C19H23N3O3/c1-12-10-13(2)22(21-12)9-5-8-20-19(23)18-14(3)25-17-7-6-15(24-4)11-16(17)18/h6-7,10-11H,5,8-9H2,1-4H3,(H,20,23). The number of hydrogen-bond donors (Lipinski definition) is 1. The molecule has 0 bridgehead atoms. The quantitative estimate of drug-likeness (QED) is 0.698. The molecule has 1 aromatic carbocycles. The lowest BCUT2D eigenvalue weighted by molar-refractivity contribution is 0.0952. The topological polar surface area (TPSA) is 69.3 Å². The van der Waals surface area contributed by atoms with Crippen molar-refractivity contribution >= 4 is 16.9 Å². The molecule has 1 amide bonds. The molecule has 2 aromatic heterocycles. The number of rotatable bonds is 6. The Labute approximate surface area is 146 Å². The Morgan fingerprint density at radius 2 is 2.08 bits per heavy atom.